The van der Waals surface area contributed by atoms with E-state index in [4.69, 9.17) is 11.6 Å². The molecule has 1 heteroatoms. The quantitative estimate of drug-likeness (QED) is 0.651. The third kappa shape index (κ3) is 1.97. The highest BCUT2D eigenvalue weighted by molar-refractivity contribution is 6.30. The van der Waals surface area contributed by atoms with E-state index in [2.05, 4.69) is 12.1 Å². The van der Waals surface area contributed by atoms with Crippen molar-refractivity contribution in [2.75, 3.05) is 0 Å². The van der Waals surface area contributed by atoms with Crippen molar-refractivity contribution in [3.8, 4) is 11.1 Å². The van der Waals surface area contributed by atoms with Crippen molar-refractivity contribution in [3.63, 3.8) is 0 Å². The third-order valence-corrected chi connectivity index (χ3v) is 2.35. The fourth-order valence-electron chi connectivity index (χ4n) is 1.38. The van der Waals surface area contributed by atoms with Gasteiger partial charge in [0.1, 0.15) is 0 Å². The Kier molecular flexibility index (Phi) is 2.55. The van der Waals surface area contributed by atoms with Crippen LogP contribution in [0.4, 0.5) is 0 Å². The van der Waals surface area contributed by atoms with E-state index in [1.54, 1.807) is 0 Å². The second-order valence-corrected chi connectivity index (χ2v) is 3.69. The summed E-state index contributed by atoms with van der Waals surface area (Å²) in [5, 5.41) is 0.765. The molecule has 0 fully saturated rings. The predicted molar refractivity (Wildman–Crippen MR) is 60.5 cm³/mol. The van der Waals surface area contributed by atoms with Crippen LogP contribution in [0, 0.1) is 13.0 Å². The van der Waals surface area contributed by atoms with Gasteiger partial charge in [-0.05, 0) is 41.8 Å². The van der Waals surface area contributed by atoms with Crippen molar-refractivity contribution in [1.82, 2.24) is 0 Å². The van der Waals surface area contributed by atoms with E-state index in [0.29, 0.717) is 0 Å². The predicted octanol–water partition coefficient (Wildman–Crippen LogP) is 4.12. The van der Waals surface area contributed by atoms with Crippen molar-refractivity contribution in [2.45, 2.75) is 6.92 Å². The molecule has 0 aliphatic carbocycles. The normalized spacial score (nSPS) is 10.1. The van der Waals surface area contributed by atoms with Crippen molar-refractivity contribution in [3.05, 3.63) is 59.1 Å². The summed E-state index contributed by atoms with van der Waals surface area (Å²) in [4.78, 5) is 0. The second kappa shape index (κ2) is 3.85. The number of halogens is 1. The van der Waals surface area contributed by atoms with E-state index >= 15 is 0 Å². The summed E-state index contributed by atoms with van der Waals surface area (Å²) in [6.07, 6.45) is 0. The summed E-state index contributed by atoms with van der Waals surface area (Å²) in [7, 11) is 0. The summed E-state index contributed by atoms with van der Waals surface area (Å²) in [5.74, 6) is 0. The standard InChI is InChI=1S/C13H10Cl/c1-10-3-2-4-12(9-10)11-5-7-13(14)8-6-11/h2-8H,1H3. The van der Waals surface area contributed by atoms with Crippen molar-refractivity contribution in [2.24, 2.45) is 0 Å². The van der Waals surface area contributed by atoms with Crippen LogP contribution >= 0.6 is 11.6 Å². The molecular weight excluding hydrogens is 192 g/mol. The Morgan fingerprint density at radius 3 is 2.36 bits per heavy atom. The molecular formula is C13H10Cl. The lowest BCUT2D eigenvalue weighted by Gasteiger charge is -2.01. The molecule has 2 aromatic carbocycles. The SMILES string of the molecule is Cc1[c]c(-c2ccc(Cl)cc2)ccc1. The van der Waals surface area contributed by atoms with Crippen LogP contribution < -0.4 is 0 Å². The van der Waals surface area contributed by atoms with Gasteiger partial charge >= 0.3 is 0 Å². The zero-order chi connectivity index (χ0) is 9.97. The highest BCUT2D eigenvalue weighted by atomic mass is 35.5. The van der Waals surface area contributed by atoms with Crippen LogP contribution in [-0.2, 0) is 0 Å². The van der Waals surface area contributed by atoms with E-state index in [0.717, 1.165) is 21.7 Å². The van der Waals surface area contributed by atoms with Crippen molar-refractivity contribution >= 4 is 11.6 Å². The lowest BCUT2D eigenvalue weighted by atomic mass is 10.0. The Morgan fingerprint density at radius 2 is 1.71 bits per heavy atom. The Balaban J connectivity index is 2.44. The molecule has 2 rings (SSSR count). The smallest absolute Gasteiger partial charge is 0.0406 e. The average Bonchev–Trinajstić information content (AvgIpc) is 2.19. The van der Waals surface area contributed by atoms with Crippen LogP contribution in [0.3, 0.4) is 0 Å². The molecule has 1 radical (unpaired) electrons. The van der Waals surface area contributed by atoms with Crippen LogP contribution in [0.1, 0.15) is 5.56 Å². The maximum atomic E-state index is 5.82. The molecule has 0 heterocycles. The molecule has 0 saturated heterocycles. The lowest BCUT2D eigenvalue weighted by molar-refractivity contribution is 1.45. The van der Waals surface area contributed by atoms with Crippen molar-refractivity contribution < 1.29 is 0 Å². The van der Waals surface area contributed by atoms with E-state index in [1.165, 1.54) is 0 Å². The van der Waals surface area contributed by atoms with E-state index in [1.807, 2.05) is 43.3 Å². The molecule has 0 unspecified atom stereocenters. The highest BCUT2D eigenvalue weighted by Crippen LogP contribution is 2.21. The number of hydrogen-bond acceptors (Lipinski definition) is 0. The number of aryl methyl sites for hydroxylation is 1. The molecule has 2 aromatic rings. The maximum absolute atomic E-state index is 5.82. The topological polar surface area (TPSA) is 0 Å². The van der Waals surface area contributed by atoms with Gasteiger partial charge in [0.2, 0.25) is 0 Å². The van der Waals surface area contributed by atoms with Gasteiger partial charge < -0.3 is 0 Å². The highest BCUT2D eigenvalue weighted by Gasteiger charge is 1.97. The second-order valence-electron chi connectivity index (χ2n) is 3.25. The van der Waals surface area contributed by atoms with Crippen LogP contribution in [0.25, 0.3) is 11.1 Å². The van der Waals surface area contributed by atoms with Crippen LogP contribution in [0.5, 0.6) is 0 Å². The van der Waals surface area contributed by atoms with E-state index in [9.17, 15) is 0 Å². The van der Waals surface area contributed by atoms with Gasteiger partial charge in [-0.25, -0.2) is 0 Å². The Hall–Kier alpha value is -1.27. The van der Waals surface area contributed by atoms with Crippen molar-refractivity contribution in [1.29, 1.82) is 0 Å². The van der Waals surface area contributed by atoms with Gasteiger partial charge in [0, 0.05) is 5.02 Å². The molecule has 0 bridgehead atoms. The first-order valence-electron chi connectivity index (χ1n) is 4.50. The minimum Gasteiger partial charge on any atom is -0.0843 e. The van der Waals surface area contributed by atoms with Gasteiger partial charge in [0.15, 0.2) is 0 Å². The van der Waals surface area contributed by atoms with Gasteiger partial charge in [-0.2, -0.15) is 0 Å². The van der Waals surface area contributed by atoms with Crippen LogP contribution in [-0.4, -0.2) is 0 Å². The third-order valence-electron chi connectivity index (χ3n) is 2.10. The summed E-state index contributed by atoms with van der Waals surface area (Å²) < 4.78 is 0. The van der Waals surface area contributed by atoms with E-state index < -0.39 is 0 Å². The molecule has 0 N–H and O–H groups in total. The summed E-state index contributed by atoms with van der Waals surface area (Å²) in [6.45, 7) is 2.04. The fraction of sp³-hybridized carbons (Fsp3) is 0.0769. The van der Waals surface area contributed by atoms with Crippen LogP contribution in [0.15, 0.2) is 42.5 Å². The number of hydrogen-bond donors (Lipinski definition) is 0. The molecule has 0 aliphatic heterocycles. The molecule has 0 nitrogen and oxygen atoms in total. The van der Waals surface area contributed by atoms with Gasteiger partial charge in [0.05, 0.1) is 0 Å². The Labute approximate surface area is 89.2 Å². The largest absolute Gasteiger partial charge is 0.0843 e. The molecule has 0 aliphatic rings. The van der Waals surface area contributed by atoms with E-state index in [-0.39, 0.29) is 0 Å². The Bertz CT molecular complexity index is 429. The van der Waals surface area contributed by atoms with Gasteiger partial charge in [-0.15, -0.1) is 0 Å². The molecule has 0 aromatic heterocycles. The first-order valence-corrected chi connectivity index (χ1v) is 4.88. The van der Waals surface area contributed by atoms with Crippen LogP contribution in [0.2, 0.25) is 5.02 Å². The minimum atomic E-state index is 0.765. The average molecular weight is 202 g/mol. The monoisotopic (exact) mass is 201 g/mol. The summed E-state index contributed by atoms with van der Waals surface area (Å²) in [6, 6.07) is 17.2. The maximum Gasteiger partial charge on any atom is 0.0406 e. The molecule has 0 saturated carbocycles. The lowest BCUT2D eigenvalue weighted by Crippen LogP contribution is -1.79. The molecule has 14 heavy (non-hydrogen) atoms. The number of rotatable bonds is 1. The zero-order valence-corrected chi connectivity index (χ0v) is 8.68. The summed E-state index contributed by atoms with van der Waals surface area (Å²) in [5.41, 5.74) is 3.41. The molecule has 0 amide bonds. The fourth-order valence-corrected chi connectivity index (χ4v) is 1.51. The first kappa shape index (κ1) is 9.29. The molecule has 0 atom stereocenters. The molecule has 69 valence electrons. The first-order chi connectivity index (χ1) is 6.75. The zero-order valence-electron chi connectivity index (χ0n) is 7.92. The minimum absolute atomic E-state index is 0.765. The Morgan fingerprint density at radius 1 is 1.00 bits per heavy atom. The van der Waals surface area contributed by atoms with Gasteiger partial charge in [0.25, 0.3) is 0 Å². The number of benzene rings is 2. The summed E-state index contributed by atoms with van der Waals surface area (Å²) >= 11 is 5.82. The van der Waals surface area contributed by atoms with Gasteiger partial charge in [-0.1, -0.05) is 41.9 Å². The molecule has 0 spiro atoms. The van der Waals surface area contributed by atoms with Gasteiger partial charge in [-0.3, -0.25) is 0 Å².